The van der Waals surface area contributed by atoms with Gasteiger partial charge in [0, 0.05) is 6.04 Å². The summed E-state index contributed by atoms with van der Waals surface area (Å²) in [5.74, 6) is -0.0587. The summed E-state index contributed by atoms with van der Waals surface area (Å²) in [6.07, 6.45) is 7.96. The summed E-state index contributed by atoms with van der Waals surface area (Å²) in [7, 11) is 0. The van der Waals surface area contributed by atoms with E-state index in [0.717, 1.165) is 44.9 Å². The number of rotatable bonds is 1. The van der Waals surface area contributed by atoms with Crippen LogP contribution in [0.25, 0.3) is 0 Å². The zero-order chi connectivity index (χ0) is 15.0. The number of hydrogen-bond acceptors (Lipinski definition) is 3. The third-order valence-electron chi connectivity index (χ3n) is 5.48. The third kappa shape index (κ3) is 2.36. The van der Waals surface area contributed by atoms with Gasteiger partial charge in [-0.3, -0.25) is 19.8 Å². The van der Waals surface area contributed by atoms with Crippen molar-refractivity contribution in [2.75, 3.05) is 0 Å². The van der Waals surface area contributed by atoms with Gasteiger partial charge >= 0.3 is 6.03 Å². The molecule has 2 aliphatic carbocycles. The molecule has 0 aromatic rings. The minimum atomic E-state index is -0.965. The fourth-order valence-corrected chi connectivity index (χ4v) is 4.26. The van der Waals surface area contributed by atoms with Crippen LogP contribution in [0.15, 0.2) is 0 Å². The fourth-order valence-electron chi connectivity index (χ4n) is 4.26. The molecular weight excluding hydrogens is 268 g/mol. The van der Waals surface area contributed by atoms with E-state index in [0.29, 0.717) is 18.8 Å². The molecule has 2 saturated carbocycles. The van der Waals surface area contributed by atoms with E-state index >= 15 is 0 Å². The first-order valence-corrected chi connectivity index (χ1v) is 8.24. The Morgan fingerprint density at radius 2 is 1.76 bits per heavy atom. The lowest BCUT2D eigenvalue weighted by molar-refractivity contribution is -0.156. The van der Waals surface area contributed by atoms with Gasteiger partial charge in [0.25, 0.3) is 0 Å². The summed E-state index contributed by atoms with van der Waals surface area (Å²) in [4.78, 5) is 38.9. The number of imide groups is 2. The van der Waals surface area contributed by atoms with Crippen molar-refractivity contribution in [3.63, 3.8) is 0 Å². The minimum absolute atomic E-state index is 0.0341. The van der Waals surface area contributed by atoms with Gasteiger partial charge in [-0.25, -0.2) is 4.79 Å². The number of nitrogens with zero attached hydrogens (tertiary/aromatic N) is 1. The number of amides is 4. The van der Waals surface area contributed by atoms with E-state index in [1.807, 2.05) is 0 Å². The van der Waals surface area contributed by atoms with Crippen LogP contribution in [0.4, 0.5) is 4.79 Å². The maximum absolute atomic E-state index is 13.0. The van der Waals surface area contributed by atoms with E-state index in [1.165, 1.54) is 4.90 Å². The number of nitrogens with one attached hydrogen (secondary N) is 1. The van der Waals surface area contributed by atoms with Crippen LogP contribution in [-0.4, -0.2) is 28.8 Å². The molecule has 116 valence electrons. The highest BCUT2D eigenvalue weighted by molar-refractivity contribution is 6.19. The predicted molar refractivity (Wildman–Crippen MR) is 77.3 cm³/mol. The van der Waals surface area contributed by atoms with Crippen molar-refractivity contribution >= 4 is 17.8 Å². The number of barbiturate groups is 1. The van der Waals surface area contributed by atoms with Gasteiger partial charge in [-0.15, -0.1) is 0 Å². The molecule has 5 nitrogen and oxygen atoms in total. The largest absolute Gasteiger partial charge is 0.331 e. The number of carbonyl (C=O) groups excluding carboxylic acids is 3. The molecule has 5 heteroatoms. The first kappa shape index (κ1) is 14.5. The van der Waals surface area contributed by atoms with Gasteiger partial charge in [0.2, 0.25) is 11.8 Å². The van der Waals surface area contributed by atoms with Crippen LogP contribution in [0.2, 0.25) is 0 Å². The second-order valence-corrected chi connectivity index (χ2v) is 7.00. The SMILES string of the molecule is CC1CCCC(N2C(=O)NC(=O)C3(CCCCC3)C2=O)C1. The van der Waals surface area contributed by atoms with Gasteiger partial charge in [0.05, 0.1) is 0 Å². The predicted octanol–water partition coefficient (Wildman–Crippen LogP) is 2.59. The van der Waals surface area contributed by atoms with Crippen LogP contribution in [0.1, 0.15) is 64.7 Å². The second kappa shape index (κ2) is 5.43. The summed E-state index contributed by atoms with van der Waals surface area (Å²) in [5, 5.41) is 2.46. The number of hydrogen-bond donors (Lipinski definition) is 1. The zero-order valence-electron chi connectivity index (χ0n) is 12.7. The van der Waals surface area contributed by atoms with Gasteiger partial charge in [-0.2, -0.15) is 0 Å². The summed E-state index contributed by atoms with van der Waals surface area (Å²) < 4.78 is 0. The molecule has 3 fully saturated rings. The molecule has 1 N–H and O–H groups in total. The minimum Gasteiger partial charge on any atom is -0.277 e. The van der Waals surface area contributed by atoms with E-state index in [1.54, 1.807) is 0 Å². The highest BCUT2D eigenvalue weighted by Crippen LogP contribution is 2.42. The van der Waals surface area contributed by atoms with Gasteiger partial charge in [-0.05, 0) is 31.6 Å². The first-order valence-electron chi connectivity index (χ1n) is 8.24. The van der Waals surface area contributed by atoms with Crippen molar-refractivity contribution in [2.45, 2.75) is 70.8 Å². The summed E-state index contributed by atoms with van der Waals surface area (Å²) >= 11 is 0. The standard InChI is InChI=1S/C16H24N2O3/c1-11-6-5-7-12(10-11)18-14(20)16(8-3-2-4-9-16)13(19)17-15(18)21/h11-12H,2-10H2,1H3,(H,17,19,21). The fraction of sp³-hybridized carbons (Fsp3) is 0.812. The Morgan fingerprint density at radius 3 is 2.43 bits per heavy atom. The maximum atomic E-state index is 13.0. The molecule has 0 bridgehead atoms. The lowest BCUT2D eigenvalue weighted by Gasteiger charge is -2.45. The van der Waals surface area contributed by atoms with Crippen LogP contribution < -0.4 is 5.32 Å². The molecular formula is C16H24N2O3. The van der Waals surface area contributed by atoms with Gasteiger partial charge in [0.15, 0.2) is 0 Å². The Balaban J connectivity index is 1.87. The molecule has 3 rings (SSSR count). The highest BCUT2D eigenvalue weighted by Gasteiger charge is 2.55. The van der Waals surface area contributed by atoms with Crippen molar-refractivity contribution in [3.05, 3.63) is 0 Å². The van der Waals surface area contributed by atoms with Gasteiger partial charge < -0.3 is 0 Å². The molecule has 3 aliphatic rings. The van der Waals surface area contributed by atoms with Crippen molar-refractivity contribution in [1.82, 2.24) is 10.2 Å². The van der Waals surface area contributed by atoms with Crippen molar-refractivity contribution in [1.29, 1.82) is 0 Å². The van der Waals surface area contributed by atoms with Crippen LogP contribution >= 0.6 is 0 Å². The molecule has 0 aromatic carbocycles. The lowest BCUT2D eigenvalue weighted by atomic mass is 9.70. The van der Waals surface area contributed by atoms with E-state index in [4.69, 9.17) is 0 Å². The molecule has 1 heterocycles. The van der Waals surface area contributed by atoms with Crippen LogP contribution in [0.5, 0.6) is 0 Å². The van der Waals surface area contributed by atoms with E-state index in [-0.39, 0.29) is 17.9 Å². The first-order chi connectivity index (χ1) is 10.0. The zero-order valence-corrected chi connectivity index (χ0v) is 12.7. The number of urea groups is 1. The average molecular weight is 292 g/mol. The summed E-state index contributed by atoms with van der Waals surface area (Å²) in [6, 6.07) is -0.534. The molecule has 2 atom stereocenters. The lowest BCUT2D eigenvalue weighted by Crippen LogP contribution is -2.66. The maximum Gasteiger partial charge on any atom is 0.331 e. The van der Waals surface area contributed by atoms with Crippen molar-refractivity contribution in [3.8, 4) is 0 Å². The van der Waals surface area contributed by atoms with Crippen molar-refractivity contribution < 1.29 is 14.4 Å². The Bertz CT molecular complexity index is 468. The smallest absolute Gasteiger partial charge is 0.277 e. The Labute approximate surface area is 125 Å². The quantitative estimate of drug-likeness (QED) is 0.755. The van der Waals surface area contributed by atoms with Crippen LogP contribution in [0.3, 0.4) is 0 Å². The number of carbonyl (C=O) groups is 3. The van der Waals surface area contributed by atoms with Crippen molar-refractivity contribution in [2.24, 2.45) is 11.3 Å². The molecule has 0 radical (unpaired) electrons. The summed E-state index contributed by atoms with van der Waals surface area (Å²) in [5.41, 5.74) is -0.965. The van der Waals surface area contributed by atoms with Gasteiger partial charge in [-0.1, -0.05) is 39.0 Å². The van der Waals surface area contributed by atoms with E-state index in [9.17, 15) is 14.4 Å². The van der Waals surface area contributed by atoms with E-state index < -0.39 is 11.4 Å². The Hall–Kier alpha value is -1.39. The third-order valence-corrected chi connectivity index (χ3v) is 5.48. The normalized spacial score (nSPS) is 33.2. The Morgan fingerprint density at radius 1 is 1.05 bits per heavy atom. The molecule has 2 unspecified atom stereocenters. The summed E-state index contributed by atoms with van der Waals surface area (Å²) in [6.45, 7) is 2.17. The molecule has 1 aliphatic heterocycles. The second-order valence-electron chi connectivity index (χ2n) is 7.00. The molecule has 1 saturated heterocycles. The topological polar surface area (TPSA) is 66.5 Å². The monoisotopic (exact) mass is 292 g/mol. The van der Waals surface area contributed by atoms with E-state index in [2.05, 4.69) is 12.2 Å². The van der Waals surface area contributed by atoms with Crippen LogP contribution in [-0.2, 0) is 9.59 Å². The Kier molecular flexibility index (Phi) is 3.76. The molecule has 0 aromatic heterocycles. The molecule has 4 amide bonds. The van der Waals surface area contributed by atoms with Gasteiger partial charge in [0.1, 0.15) is 5.41 Å². The molecule has 1 spiro atoms. The van der Waals surface area contributed by atoms with Crippen LogP contribution in [0, 0.1) is 11.3 Å². The molecule has 21 heavy (non-hydrogen) atoms. The highest BCUT2D eigenvalue weighted by atomic mass is 16.2. The average Bonchev–Trinajstić information content (AvgIpc) is 2.47.